The van der Waals surface area contributed by atoms with E-state index in [9.17, 15) is 18.0 Å². The van der Waals surface area contributed by atoms with Crippen LogP contribution < -0.4 is 0 Å². The van der Waals surface area contributed by atoms with Gasteiger partial charge in [0.15, 0.2) is 0 Å². The Morgan fingerprint density at radius 2 is 1.75 bits per heavy atom. The molecule has 1 saturated heterocycles. The van der Waals surface area contributed by atoms with E-state index in [1.165, 1.54) is 0 Å². The molecule has 1 aliphatic carbocycles. The van der Waals surface area contributed by atoms with Gasteiger partial charge in [0.1, 0.15) is 0 Å². The van der Waals surface area contributed by atoms with Gasteiger partial charge in [-0.3, -0.25) is 9.69 Å². The van der Waals surface area contributed by atoms with E-state index in [0.717, 1.165) is 19.3 Å². The summed E-state index contributed by atoms with van der Waals surface area (Å²) in [7, 11) is 0. The Morgan fingerprint density at radius 3 is 2.15 bits per heavy atom. The molecule has 0 atom stereocenters. The Hall–Kier alpha value is -0.780. The lowest BCUT2D eigenvalue weighted by atomic mass is 9.73. The van der Waals surface area contributed by atoms with Crippen molar-refractivity contribution in [2.24, 2.45) is 5.41 Å². The van der Waals surface area contributed by atoms with Crippen molar-refractivity contribution in [1.29, 1.82) is 0 Å². The first-order chi connectivity index (χ1) is 9.04. The summed E-state index contributed by atoms with van der Waals surface area (Å²) in [6.07, 6.45) is -1.70. The minimum atomic E-state index is -4.17. The predicted octanol–water partition coefficient (Wildman–Crippen LogP) is 2.66. The molecule has 0 aromatic heterocycles. The molecule has 0 radical (unpaired) electrons. The molecule has 0 bridgehead atoms. The minimum absolute atomic E-state index is 0.0374. The molecule has 0 aromatic carbocycles. The maximum Gasteiger partial charge on any atom is 0.401 e. The number of carbonyl (C=O) groups excluding carboxylic acids is 1. The second-order valence-electron chi connectivity index (χ2n) is 7.09. The largest absolute Gasteiger partial charge is 0.401 e. The number of nitrogens with zero attached hydrogens (tertiary/aromatic N) is 2. The first-order valence-corrected chi connectivity index (χ1v) is 7.15. The highest BCUT2D eigenvalue weighted by Crippen LogP contribution is 2.42. The molecule has 1 heterocycles. The van der Waals surface area contributed by atoms with Crippen LogP contribution in [0.2, 0.25) is 0 Å². The molecule has 1 aliphatic heterocycles. The first-order valence-electron chi connectivity index (χ1n) is 7.15. The number of rotatable bonds is 1. The van der Waals surface area contributed by atoms with Gasteiger partial charge in [0.25, 0.3) is 0 Å². The molecule has 2 rings (SSSR count). The number of hydrogen-bond acceptors (Lipinski definition) is 2. The summed E-state index contributed by atoms with van der Waals surface area (Å²) in [5, 5.41) is 0. The standard InChI is InChI=1S/C14H23F3N2O/c1-12(2,3)11(20)18-7-8-19(10-14(15,16)17)13(9-18)5-4-6-13/h4-10H2,1-3H3. The van der Waals surface area contributed by atoms with Crippen LogP contribution in [-0.2, 0) is 4.79 Å². The van der Waals surface area contributed by atoms with Crippen LogP contribution in [0.25, 0.3) is 0 Å². The zero-order chi connectivity index (χ0) is 15.2. The Morgan fingerprint density at radius 1 is 1.15 bits per heavy atom. The fraction of sp³-hybridized carbons (Fsp3) is 0.929. The summed E-state index contributed by atoms with van der Waals surface area (Å²) in [5.74, 6) is 0.0374. The number of alkyl halides is 3. The summed E-state index contributed by atoms with van der Waals surface area (Å²) in [6, 6.07) is 0. The maximum absolute atomic E-state index is 12.7. The van der Waals surface area contributed by atoms with Gasteiger partial charge in [-0.1, -0.05) is 20.8 Å². The lowest BCUT2D eigenvalue weighted by Gasteiger charge is -2.56. The first kappa shape index (κ1) is 15.6. The molecule has 0 N–H and O–H groups in total. The van der Waals surface area contributed by atoms with Crippen LogP contribution in [0.1, 0.15) is 40.0 Å². The van der Waals surface area contributed by atoms with Crippen molar-refractivity contribution in [3.63, 3.8) is 0 Å². The molecule has 116 valence electrons. The normalized spacial score (nSPS) is 23.8. The number of piperazine rings is 1. The van der Waals surface area contributed by atoms with Crippen LogP contribution in [0.4, 0.5) is 13.2 Å². The smallest absolute Gasteiger partial charge is 0.339 e. The monoisotopic (exact) mass is 292 g/mol. The SMILES string of the molecule is CC(C)(C)C(=O)N1CCN(CC(F)(F)F)C2(CCC2)C1. The van der Waals surface area contributed by atoms with Crippen molar-refractivity contribution >= 4 is 5.91 Å². The highest BCUT2D eigenvalue weighted by atomic mass is 19.4. The summed E-state index contributed by atoms with van der Waals surface area (Å²) in [5.41, 5.74) is -0.911. The van der Waals surface area contributed by atoms with Crippen molar-refractivity contribution < 1.29 is 18.0 Å². The van der Waals surface area contributed by atoms with Gasteiger partial charge in [0.05, 0.1) is 6.54 Å². The third-order valence-electron chi connectivity index (χ3n) is 4.38. The summed E-state index contributed by atoms with van der Waals surface area (Å²) < 4.78 is 38.0. The Labute approximate surface area is 118 Å². The van der Waals surface area contributed by atoms with Gasteiger partial charge in [0.2, 0.25) is 5.91 Å². The third kappa shape index (κ3) is 3.10. The van der Waals surface area contributed by atoms with Crippen molar-refractivity contribution in [2.75, 3.05) is 26.2 Å². The topological polar surface area (TPSA) is 23.6 Å². The molecular formula is C14H23F3N2O. The van der Waals surface area contributed by atoms with Crippen molar-refractivity contribution in [1.82, 2.24) is 9.80 Å². The van der Waals surface area contributed by atoms with Crippen LogP contribution in [0, 0.1) is 5.41 Å². The lowest BCUT2D eigenvalue weighted by molar-refractivity contribution is -0.182. The molecule has 0 unspecified atom stereocenters. The van der Waals surface area contributed by atoms with Gasteiger partial charge < -0.3 is 4.90 Å². The van der Waals surface area contributed by atoms with Gasteiger partial charge in [-0.15, -0.1) is 0 Å². The Bertz CT molecular complexity index is 383. The zero-order valence-electron chi connectivity index (χ0n) is 12.4. The Balaban J connectivity index is 2.08. The summed E-state index contributed by atoms with van der Waals surface area (Å²) in [4.78, 5) is 15.6. The quantitative estimate of drug-likeness (QED) is 0.742. The molecule has 6 heteroatoms. The molecule has 2 fully saturated rings. The predicted molar refractivity (Wildman–Crippen MR) is 70.2 cm³/mol. The van der Waals surface area contributed by atoms with Crippen LogP contribution in [0.15, 0.2) is 0 Å². The molecular weight excluding hydrogens is 269 g/mol. The average molecular weight is 292 g/mol. The van der Waals surface area contributed by atoms with Gasteiger partial charge >= 0.3 is 6.18 Å². The maximum atomic E-state index is 12.7. The van der Waals surface area contributed by atoms with E-state index in [1.807, 2.05) is 20.8 Å². The molecule has 1 amide bonds. The molecule has 1 spiro atoms. The molecule has 1 saturated carbocycles. The molecule has 3 nitrogen and oxygen atoms in total. The average Bonchev–Trinajstić information content (AvgIpc) is 2.23. The minimum Gasteiger partial charge on any atom is -0.339 e. The number of halogens is 3. The van der Waals surface area contributed by atoms with E-state index in [-0.39, 0.29) is 5.91 Å². The number of hydrogen-bond donors (Lipinski definition) is 0. The van der Waals surface area contributed by atoms with Gasteiger partial charge in [-0.25, -0.2) is 0 Å². The zero-order valence-corrected chi connectivity index (χ0v) is 12.4. The molecule has 2 aliphatic rings. The second-order valence-corrected chi connectivity index (χ2v) is 7.09. The fourth-order valence-corrected chi connectivity index (χ4v) is 3.18. The third-order valence-corrected chi connectivity index (χ3v) is 4.38. The van der Waals surface area contributed by atoms with E-state index in [2.05, 4.69) is 0 Å². The lowest BCUT2D eigenvalue weighted by Crippen LogP contribution is -2.68. The van der Waals surface area contributed by atoms with Crippen LogP contribution >= 0.6 is 0 Å². The van der Waals surface area contributed by atoms with E-state index >= 15 is 0 Å². The van der Waals surface area contributed by atoms with Crippen molar-refractivity contribution in [2.45, 2.75) is 51.7 Å². The molecule has 20 heavy (non-hydrogen) atoms. The van der Waals surface area contributed by atoms with Gasteiger partial charge in [-0.05, 0) is 19.3 Å². The van der Waals surface area contributed by atoms with E-state index < -0.39 is 23.7 Å². The van der Waals surface area contributed by atoms with E-state index in [1.54, 1.807) is 9.80 Å². The van der Waals surface area contributed by atoms with Crippen LogP contribution in [-0.4, -0.2) is 53.6 Å². The van der Waals surface area contributed by atoms with E-state index in [0.29, 0.717) is 19.6 Å². The summed E-state index contributed by atoms with van der Waals surface area (Å²) >= 11 is 0. The van der Waals surface area contributed by atoms with Crippen molar-refractivity contribution in [3.8, 4) is 0 Å². The van der Waals surface area contributed by atoms with Crippen molar-refractivity contribution in [3.05, 3.63) is 0 Å². The Kier molecular flexibility index (Phi) is 3.82. The van der Waals surface area contributed by atoms with Crippen LogP contribution in [0.5, 0.6) is 0 Å². The van der Waals surface area contributed by atoms with Gasteiger partial charge in [-0.2, -0.15) is 13.2 Å². The highest BCUT2D eigenvalue weighted by molar-refractivity contribution is 5.81. The number of carbonyl (C=O) groups is 1. The highest BCUT2D eigenvalue weighted by Gasteiger charge is 2.50. The van der Waals surface area contributed by atoms with Gasteiger partial charge in [0, 0.05) is 30.6 Å². The second kappa shape index (κ2) is 4.90. The summed E-state index contributed by atoms with van der Waals surface area (Å²) in [6.45, 7) is 5.86. The fourth-order valence-electron chi connectivity index (χ4n) is 3.18. The number of amides is 1. The molecule has 0 aromatic rings. The van der Waals surface area contributed by atoms with Crippen LogP contribution in [0.3, 0.4) is 0 Å². The van der Waals surface area contributed by atoms with E-state index in [4.69, 9.17) is 0 Å².